The lowest BCUT2D eigenvalue weighted by molar-refractivity contribution is -0.162. The first-order valence-electron chi connectivity index (χ1n) is 7.31. The normalized spacial score (nSPS) is 23.8. The molecule has 1 fully saturated rings. The summed E-state index contributed by atoms with van der Waals surface area (Å²) < 4.78 is 37.8. The topological polar surface area (TPSA) is 49.6 Å². The molecular formula is C14H26F3N3O. The fourth-order valence-electron chi connectivity index (χ4n) is 2.63. The number of carbonyl (C=O) groups is 1. The molecule has 1 aliphatic heterocycles. The summed E-state index contributed by atoms with van der Waals surface area (Å²) in [5, 5.41) is 0. The SMILES string of the molecule is CC(C)CN(CC(F)(F)F)C(=O)CN1CCC(C)(CN)C1. The summed E-state index contributed by atoms with van der Waals surface area (Å²) in [4.78, 5) is 15.0. The molecule has 1 amide bonds. The molecule has 1 atom stereocenters. The molecular weight excluding hydrogens is 283 g/mol. The zero-order valence-corrected chi connectivity index (χ0v) is 13.0. The molecule has 7 heteroatoms. The molecule has 124 valence electrons. The van der Waals surface area contributed by atoms with E-state index >= 15 is 0 Å². The van der Waals surface area contributed by atoms with Crippen LogP contribution in [-0.4, -0.2) is 61.2 Å². The minimum atomic E-state index is -4.36. The van der Waals surface area contributed by atoms with E-state index in [9.17, 15) is 18.0 Å². The third kappa shape index (κ3) is 6.22. The van der Waals surface area contributed by atoms with Crippen LogP contribution in [0.3, 0.4) is 0 Å². The number of likely N-dealkylation sites (tertiary alicyclic amines) is 1. The first-order valence-corrected chi connectivity index (χ1v) is 7.31. The van der Waals surface area contributed by atoms with Crippen LogP contribution in [0.5, 0.6) is 0 Å². The van der Waals surface area contributed by atoms with Crippen LogP contribution in [0.1, 0.15) is 27.2 Å². The number of carbonyl (C=O) groups excluding carboxylic acids is 1. The number of amides is 1. The maximum Gasteiger partial charge on any atom is 0.406 e. The second-order valence-electron chi connectivity index (χ2n) is 6.76. The molecule has 1 aliphatic rings. The highest BCUT2D eigenvalue weighted by atomic mass is 19.4. The Morgan fingerprint density at radius 1 is 1.43 bits per heavy atom. The zero-order chi connectivity index (χ0) is 16.3. The van der Waals surface area contributed by atoms with Gasteiger partial charge in [-0.25, -0.2) is 0 Å². The fraction of sp³-hybridized carbons (Fsp3) is 0.929. The number of hydrogen-bond acceptors (Lipinski definition) is 3. The van der Waals surface area contributed by atoms with E-state index in [0.717, 1.165) is 11.3 Å². The molecule has 0 bridgehead atoms. The van der Waals surface area contributed by atoms with Crippen molar-refractivity contribution < 1.29 is 18.0 Å². The van der Waals surface area contributed by atoms with Gasteiger partial charge >= 0.3 is 6.18 Å². The van der Waals surface area contributed by atoms with Crippen molar-refractivity contribution >= 4 is 5.91 Å². The van der Waals surface area contributed by atoms with Crippen LogP contribution < -0.4 is 5.73 Å². The van der Waals surface area contributed by atoms with Crippen molar-refractivity contribution in [1.82, 2.24) is 9.80 Å². The van der Waals surface area contributed by atoms with E-state index in [2.05, 4.69) is 0 Å². The standard InChI is InChI=1S/C14H26F3N3O/c1-11(2)6-20(10-14(15,16)17)12(21)7-19-5-4-13(3,8-18)9-19/h11H,4-10,18H2,1-3H3. The lowest BCUT2D eigenvalue weighted by Gasteiger charge is -2.28. The summed E-state index contributed by atoms with van der Waals surface area (Å²) in [5.41, 5.74) is 5.66. The van der Waals surface area contributed by atoms with E-state index in [0.29, 0.717) is 19.6 Å². The molecule has 0 spiro atoms. The van der Waals surface area contributed by atoms with Gasteiger partial charge in [0.1, 0.15) is 6.54 Å². The quantitative estimate of drug-likeness (QED) is 0.812. The lowest BCUT2D eigenvalue weighted by atomic mass is 9.90. The maximum absolute atomic E-state index is 12.6. The van der Waals surface area contributed by atoms with Gasteiger partial charge in [-0.2, -0.15) is 13.2 Å². The Morgan fingerprint density at radius 2 is 2.05 bits per heavy atom. The molecule has 1 unspecified atom stereocenters. The number of nitrogens with two attached hydrogens (primary N) is 1. The predicted octanol–water partition coefficient (Wildman–Crippen LogP) is 1.70. The first kappa shape index (κ1) is 18.2. The van der Waals surface area contributed by atoms with Gasteiger partial charge in [0.05, 0.1) is 6.54 Å². The minimum absolute atomic E-state index is 0.00388. The van der Waals surface area contributed by atoms with Crippen molar-refractivity contribution in [3.63, 3.8) is 0 Å². The third-order valence-electron chi connectivity index (χ3n) is 3.80. The van der Waals surface area contributed by atoms with Crippen molar-refractivity contribution in [2.45, 2.75) is 33.4 Å². The Balaban J connectivity index is 2.60. The van der Waals surface area contributed by atoms with E-state index in [1.54, 1.807) is 13.8 Å². The van der Waals surface area contributed by atoms with Crippen LogP contribution in [0.2, 0.25) is 0 Å². The second kappa shape index (κ2) is 6.96. The Kier molecular flexibility index (Phi) is 6.04. The molecule has 4 nitrogen and oxygen atoms in total. The molecule has 1 heterocycles. The smallest absolute Gasteiger partial charge is 0.332 e. The molecule has 1 saturated heterocycles. The van der Waals surface area contributed by atoms with E-state index < -0.39 is 18.6 Å². The van der Waals surface area contributed by atoms with Crippen LogP contribution in [0.4, 0.5) is 13.2 Å². The van der Waals surface area contributed by atoms with Crippen molar-refractivity contribution in [1.29, 1.82) is 0 Å². The van der Waals surface area contributed by atoms with Gasteiger partial charge in [-0.05, 0) is 30.8 Å². The van der Waals surface area contributed by atoms with Gasteiger partial charge in [-0.3, -0.25) is 9.69 Å². The fourth-order valence-corrected chi connectivity index (χ4v) is 2.63. The molecule has 0 aromatic rings. The molecule has 0 saturated carbocycles. The van der Waals surface area contributed by atoms with E-state index in [4.69, 9.17) is 5.73 Å². The minimum Gasteiger partial charge on any atom is -0.332 e. The summed E-state index contributed by atoms with van der Waals surface area (Å²) >= 11 is 0. The van der Waals surface area contributed by atoms with Crippen LogP contribution >= 0.6 is 0 Å². The van der Waals surface area contributed by atoms with Gasteiger partial charge in [0.15, 0.2) is 0 Å². The first-order chi connectivity index (χ1) is 9.54. The van der Waals surface area contributed by atoms with Crippen LogP contribution in [0.25, 0.3) is 0 Å². The van der Waals surface area contributed by atoms with Gasteiger partial charge in [-0.1, -0.05) is 20.8 Å². The third-order valence-corrected chi connectivity index (χ3v) is 3.80. The average molecular weight is 309 g/mol. The predicted molar refractivity (Wildman–Crippen MR) is 75.7 cm³/mol. The van der Waals surface area contributed by atoms with Crippen molar-refractivity contribution in [2.75, 3.05) is 39.3 Å². The van der Waals surface area contributed by atoms with Crippen LogP contribution in [0.15, 0.2) is 0 Å². The van der Waals surface area contributed by atoms with Crippen LogP contribution in [0, 0.1) is 11.3 Å². The molecule has 0 aromatic heterocycles. The largest absolute Gasteiger partial charge is 0.406 e. The van der Waals surface area contributed by atoms with Crippen molar-refractivity contribution in [3.8, 4) is 0 Å². The lowest BCUT2D eigenvalue weighted by Crippen LogP contribution is -2.46. The Hall–Kier alpha value is -0.820. The summed E-state index contributed by atoms with van der Waals surface area (Å²) in [5.74, 6) is -0.452. The highest BCUT2D eigenvalue weighted by Gasteiger charge is 2.36. The Bertz CT molecular complexity index is 360. The van der Waals surface area contributed by atoms with E-state index in [-0.39, 0.29) is 24.4 Å². The Labute approximate surface area is 124 Å². The van der Waals surface area contributed by atoms with Gasteiger partial charge in [0.25, 0.3) is 0 Å². The van der Waals surface area contributed by atoms with Gasteiger partial charge in [0, 0.05) is 13.1 Å². The highest BCUT2D eigenvalue weighted by Crippen LogP contribution is 2.28. The molecule has 0 radical (unpaired) electrons. The van der Waals surface area contributed by atoms with E-state index in [1.165, 1.54) is 0 Å². The molecule has 0 aliphatic carbocycles. The zero-order valence-electron chi connectivity index (χ0n) is 13.0. The summed E-state index contributed by atoms with van der Waals surface area (Å²) in [6, 6.07) is 0. The molecule has 1 rings (SSSR count). The molecule has 2 N–H and O–H groups in total. The average Bonchev–Trinajstić information content (AvgIpc) is 2.68. The van der Waals surface area contributed by atoms with Gasteiger partial charge < -0.3 is 10.6 Å². The van der Waals surface area contributed by atoms with Gasteiger partial charge in [0.2, 0.25) is 5.91 Å². The molecule has 21 heavy (non-hydrogen) atoms. The monoisotopic (exact) mass is 309 g/mol. The second-order valence-corrected chi connectivity index (χ2v) is 6.76. The summed E-state index contributed by atoms with van der Waals surface area (Å²) in [7, 11) is 0. The number of hydrogen-bond donors (Lipinski definition) is 1. The van der Waals surface area contributed by atoms with Crippen LogP contribution in [-0.2, 0) is 4.79 Å². The highest BCUT2D eigenvalue weighted by molar-refractivity contribution is 5.78. The number of halogens is 3. The van der Waals surface area contributed by atoms with Crippen molar-refractivity contribution in [3.05, 3.63) is 0 Å². The van der Waals surface area contributed by atoms with E-state index in [1.807, 2.05) is 11.8 Å². The summed E-state index contributed by atoms with van der Waals surface area (Å²) in [6.07, 6.45) is -3.48. The van der Waals surface area contributed by atoms with Crippen molar-refractivity contribution in [2.24, 2.45) is 17.1 Å². The number of rotatable bonds is 6. The Morgan fingerprint density at radius 3 is 2.48 bits per heavy atom. The maximum atomic E-state index is 12.6. The number of alkyl halides is 3. The molecule has 0 aromatic carbocycles. The van der Waals surface area contributed by atoms with Gasteiger partial charge in [-0.15, -0.1) is 0 Å². The summed E-state index contributed by atoms with van der Waals surface area (Å²) in [6.45, 7) is 6.54. The number of nitrogens with zero attached hydrogens (tertiary/aromatic N) is 2.